The van der Waals surface area contributed by atoms with Gasteiger partial charge < -0.3 is 11.5 Å². The largest absolute Gasteiger partial charge is 0.325 e. The summed E-state index contributed by atoms with van der Waals surface area (Å²) >= 11 is 0. The molecule has 2 aliphatic rings. The van der Waals surface area contributed by atoms with Crippen LogP contribution < -0.4 is 11.5 Å². The molecule has 0 radical (unpaired) electrons. The summed E-state index contributed by atoms with van der Waals surface area (Å²) in [5.74, 6) is 0. The lowest BCUT2D eigenvalue weighted by atomic mass is 9.55. The van der Waals surface area contributed by atoms with Gasteiger partial charge in [-0.2, -0.15) is 0 Å². The molecule has 0 aromatic rings. The van der Waals surface area contributed by atoms with Crippen LogP contribution >= 0.6 is 0 Å². The van der Waals surface area contributed by atoms with Crippen molar-refractivity contribution in [3.05, 3.63) is 0 Å². The van der Waals surface area contributed by atoms with Gasteiger partial charge in [-0.25, -0.2) is 0 Å². The monoisotopic (exact) mass is 182 g/mol. The minimum absolute atomic E-state index is 0.0226. The van der Waals surface area contributed by atoms with Crippen LogP contribution in [0.2, 0.25) is 0 Å². The maximum absolute atomic E-state index is 6.46. The molecule has 0 aliphatic heterocycles. The Morgan fingerprint density at radius 3 is 1.23 bits per heavy atom. The van der Waals surface area contributed by atoms with Gasteiger partial charge in [0.15, 0.2) is 0 Å². The molecule has 2 rings (SSSR count). The average Bonchev–Trinajstić information content (AvgIpc) is 2.33. The summed E-state index contributed by atoms with van der Waals surface area (Å²) in [7, 11) is 0. The summed E-state index contributed by atoms with van der Waals surface area (Å²) in [6.07, 6.45) is 3.19. The molecule has 2 nitrogen and oxygen atoms in total. The highest BCUT2D eigenvalue weighted by Crippen LogP contribution is 2.67. The van der Waals surface area contributed by atoms with E-state index in [-0.39, 0.29) is 21.9 Å². The van der Waals surface area contributed by atoms with Crippen molar-refractivity contribution >= 4 is 0 Å². The van der Waals surface area contributed by atoms with Crippen LogP contribution in [0, 0.1) is 10.8 Å². The third-order valence-electron chi connectivity index (χ3n) is 5.70. The molecule has 0 saturated heterocycles. The Morgan fingerprint density at radius 2 is 1.08 bits per heavy atom. The van der Waals surface area contributed by atoms with Crippen molar-refractivity contribution in [2.75, 3.05) is 0 Å². The van der Waals surface area contributed by atoms with Crippen molar-refractivity contribution in [1.82, 2.24) is 0 Å². The van der Waals surface area contributed by atoms with Crippen LogP contribution in [0.25, 0.3) is 0 Å². The first-order valence-electron chi connectivity index (χ1n) is 5.24. The highest BCUT2D eigenvalue weighted by Gasteiger charge is 2.70. The van der Waals surface area contributed by atoms with E-state index in [1.807, 2.05) is 0 Å². The lowest BCUT2D eigenvalue weighted by molar-refractivity contribution is 0.0107. The molecule has 2 saturated carbocycles. The lowest BCUT2D eigenvalue weighted by Crippen LogP contribution is -2.59. The normalized spacial score (nSPS) is 51.2. The molecule has 2 fully saturated rings. The number of nitrogens with two attached hydrogens (primary N) is 2. The Labute approximate surface area is 81.1 Å². The molecule has 0 amide bonds. The smallest absolute Gasteiger partial charge is 0.0230 e. The van der Waals surface area contributed by atoms with Crippen molar-refractivity contribution in [3.8, 4) is 0 Å². The second kappa shape index (κ2) is 1.96. The van der Waals surface area contributed by atoms with Crippen molar-refractivity contribution in [3.63, 3.8) is 0 Å². The maximum atomic E-state index is 6.46. The standard InChI is InChI=1S/C11H22N2/c1-8(2)9(3,4)11(13)6-5-10(8,12)7-11/h5-7,12-13H2,1-4H3. The molecule has 2 heteroatoms. The van der Waals surface area contributed by atoms with E-state index < -0.39 is 0 Å². The highest BCUT2D eigenvalue weighted by molar-refractivity contribution is 5.27. The first-order valence-corrected chi connectivity index (χ1v) is 5.24. The quantitative estimate of drug-likeness (QED) is 0.598. The summed E-state index contributed by atoms with van der Waals surface area (Å²) in [5, 5.41) is 0. The molecule has 0 aromatic carbocycles. The van der Waals surface area contributed by atoms with Crippen LogP contribution in [0.15, 0.2) is 0 Å². The predicted molar refractivity (Wildman–Crippen MR) is 55.2 cm³/mol. The fraction of sp³-hybridized carbons (Fsp3) is 1.00. The van der Waals surface area contributed by atoms with Crippen molar-refractivity contribution in [1.29, 1.82) is 0 Å². The zero-order valence-corrected chi connectivity index (χ0v) is 9.28. The second-order valence-electron chi connectivity index (χ2n) is 6.24. The van der Waals surface area contributed by atoms with Gasteiger partial charge in [-0.1, -0.05) is 27.7 Å². The van der Waals surface area contributed by atoms with E-state index in [2.05, 4.69) is 27.7 Å². The average molecular weight is 182 g/mol. The Hall–Kier alpha value is -0.0800. The fourth-order valence-electron chi connectivity index (χ4n) is 3.50. The van der Waals surface area contributed by atoms with Gasteiger partial charge in [0, 0.05) is 11.1 Å². The van der Waals surface area contributed by atoms with Gasteiger partial charge in [-0.05, 0) is 30.1 Å². The van der Waals surface area contributed by atoms with Gasteiger partial charge in [0.25, 0.3) is 0 Å². The van der Waals surface area contributed by atoms with Gasteiger partial charge in [0.2, 0.25) is 0 Å². The summed E-state index contributed by atoms with van der Waals surface area (Å²) in [5.41, 5.74) is 13.2. The van der Waals surface area contributed by atoms with Crippen LogP contribution in [0.5, 0.6) is 0 Å². The molecule has 76 valence electrons. The van der Waals surface area contributed by atoms with Gasteiger partial charge in [0.1, 0.15) is 0 Å². The summed E-state index contributed by atoms with van der Waals surface area (Å²) in [6.45, 7) is 9.11. The van der Waals surface area contributed by atoms with Crippen LogP contribution in [-0.4, -0.2) is 11.1 Å². The zero-order valence-electron chi connectivity index (χ0n) is 9.28. The lowest BCUT2D eigenvalue weighted by Gasteiger charge is -2.52. The zero-order chi connectivity index (χ0) is 10.1. The van der Waals surface area contributed by atoms with Crippen molar-refractivity contribution in [2.45, 2.75) is 58.0 Å². The van der Waals surface area contributed by atoms with E-state index in [4.69, 9.17) is 11.5 Å². The molecule has 2 atom stereocenters. The van der Waals surface area contributed by atoms with Gasteiger partial charge in [0.05, 0.1) is 0 Å². The van der Waals surface area contributed by atoms with E-state index in [1.54, 1.807) is 0 Å². The SMILES string of the molecule is CC1(C)C2(N)CCC(N)(C2)C1(C)C. The van der Waals surface area contributed by atoms with Gasteiger partial charge >= 0.3 is 0 Å². The molecule has 4 N–H and O–H groups in total. The molecular formula is C11H22N2. The van der Waals surface area contributed by atoms with E-state index in [0.717, 1.165) is 19.3 Å². The summed E-state index contributed by atoms with van der Waals surface area (Å²) in [4.78, 5) is 0. The third-order valence-corrected chi connectivity index (χ3v) is 5.70. The Morgan fingerprint density at radius 1 is 0.769 bits per heavy atom. The number of fused-ring (bicyclic) bond motifs is 2. The first kappa shape index (κ1) is 9.47. The predicted octanol–water partition coefficient (Wildman–Crippen LogP) is 1.63. The second-order valence-corrected chi connectivity index (χ2v) is 6.24. The number of rotatable bonds is 0. The Kier molecular flexibility index (Phi) is 1.43. The van der Waals surface area contributed by atoms with Crippen LogP contribution in [0.1, 0.15) is 47.0 Å². The van der Waals surface area contributed by atoms with E-state index in [0.29, 0.717) is 0 Å². The fourth-order valence-corrected chi connectivity index (χ4v) is 3.50. The Balaban J connectivity index is 2.55. The van der Waals surface area contributed by atoms with Crippen molar-refractivity contribution < 1.29 is 0 Å². The molecule has 2 bridgehead atoms. The third kappa shape index (κ3) is 0.736. The molecular weight excluding hydrogens is 160 g/mol. The van der Waals surface area contributed by atoms with E-state index in [1.165, 1.54) is 0 Å². The minimum Gasteiger partial charge on any atom is -0.325 e. The first-order chi connectivity index (χ1) is 5.66. The van der Waals surface area contributed by atoms with Crippen LogP contribution in [-0.2, 0) is 0 Å². The molecule has 0 aromatic heterocycles. The minimum atomic E-state index is -0.0226. The van der Waals surface area contributed by atoms with Gasteiger partial charge in [-0.3, -0.25) is 0 Å². The maximum Gasteiger partial charge on any atom is 0.0230 e. The van der Waals surface area contributed by atoms with Gasteiger partial charge in [-0.15, -0.1) is 0 Å². The van der Waals surface area contributed by atoms with E-state index >= 15 is 0 Å². The Bertz CT molecular complexity index is 231. The van der Waals surface area contributed by atoms with E-state index in [9.17, 15) is 0 Å². The molecule has 0 spiro atoms. The molecule has 2 aliphatic carbocycles. The molecule has 2 unspecified atom stereocenters. The highest BCUT2D eigenvalue weighted by atomic mass is 15.0. The summed E-state index contributed by atoms with van der Waals surface area (Å²) < 4.78 is 0. The van der Waals surface area contributed by atoms with Crippen LogP contribution in [0.4, 0.5) is 0 Å². The van der Waals surface area contributed by atoms with Crippen molar-refractivity contribution in [2.24, 2.45) is 22.3 Å². The number of hydrogen-bond acceptors (Lipinski definition) is 2. The van der Waals surface area contributed by atoms with Crippen LogP contribution in [0.3, 0.4) is 0 Å². The topological polar surface area (TPSA) is 52.0 Å². The summed E-state index contributed by atoms with van der Waals surface area (Å²) in [6, 6.07) is 0. The molecule has 13 heavy (non-hydrogen) atoms. The molecule has 0 heterocycles. The number of hydrogen-bond donors (Lipinski definition) is 2.